The number of benzene rings is 2. The van der Waals surface area contributed by atoms with Crippen LogP contribution in [0.25, 0.3) is 11.3 Å². The van der Waals surface area contributed by atoms with Crippen molar-refractivity contribution in [3.8, 4) is 11.3 Å². The quantitative estimate of drug-likeness (QED) is 0.541. The second kappa shape index (κ2) is 8.60. The molecule has 2 fully saturated rings. The Hall–Kier alpha value is -2.44. The molecule has 2 unspecified atom stereocenters. The van der Waals surface area contributed by atoms with Gasteiger partial charge < -0.3 is 4.90 Å². The Balaban J connectivity index is 1.20. The Bertz CT molecular complexity index is 1040. The van der Waals surface area contributed by atoms with Crippen LogP contribution in [0.15, 0.2) is 54.7 Å². The lowest BCUT2D eigenvalue weighted by Crippen LogP contribution is -2.49. The Morgan fingerprint density at radius 2 is 1.61 bits per heavy atom. The van der Waals surface area contributed by atoms with Crippen LogP contribution in [0, 0.1) is 11.6 Å². The van der Waals surface area contributed by atoms with E-state index >= 15 is 0 Å². The lowest BCUT2D eigenvalue weighted by Gasteiger charge is -2.39. The van der Waals surface area contributed by atoms with Gasteiger partial charge in [-0.1, -0.05) is 11.6 Å². The molecule has 3 aromatic rings. The summed E-state index contributed by atoms with van der Waals surface area (Å²) in [5.41, 5.74) is 1.92. The Labute approximate surface area is 186 Å². The van der Waals surface area contributed by atoms with Crippen molar-refractivity contribution in [2.75, 3.05) is 31.1 Å². The fraction of sp³-hybridized carbons (Fsp3) is 0.375. The van der Waals surface area contributed by atoms with Gasteiger partial charge in [0, 0.05) is 54.7 Å². The van der Waals surface area contributed by atoms with E-state index in [-0.39, 0.29) is 5.56 Å². The van der Waals surface area contributed by atoms with Crippen molar-refractivity contribution in [1.29, 1.82) is 0 Å². The second-order valence-corrected chi connectivity index (χ2v) is 8.86. The van der Waals surface area contributed by atoms with E-state index in [0.717, 1.165) is 62.6 Å². The molecule has 2 aromatic carbocycles. The largest absolute Gasteiger partial charge is 0.369 e. The summed E-state index contributed by atoms with van der Waals surface area (Å²) < 4.78 is 29.6. The molecule has 5 rings (SSSR count). The highest BCUT2D eigenvalue weighted by molar-refractivity contribution is 6.30. The van der Waals surface area contributed by atoms with Crippen LogP contribution < -0.4 is 4.90 Å². The van der Waals surface area contributed by atoms with Crippen LogP contribution in [0.4, 0.5) is 14.5 Å². The lowest BCUT2D eigenvalue weighted by molar-refractivity contribution is 0.183. The molecule has 0 amide bonds. The lowest BCUT2D eigenvalue weighted by atomic mass is 10.1. The van der Waals surface area contributed by atoms with E-state index in [1.807, 2.05) is 23.0 Å². The normalized spacial score (nSPS) is 22.2. The fourth-order valence-electron chi connectivity index (χ4n) is 4.88. The average molecular weight is 443 g/mol. The van der Waals surface area contributed by atoms with Gasteiger partial charge in [-0.05, 0) is 67.8 Å². The van der Waals surface area contributed by atoms with E-state index in [2.05, 4.69) is 27.0 Å². The van der Waals surface area contributed by atoms with E-state index in [1.54, 1.807) is 6.07 Å². The molecular formula is C24H25ClF2N4. The summed E-state index contributed by atoms with van der Waals surface area (Å²) in [7, 11) is 0. The topological polar surface area (TPSA) is 24.3 Å². The summed E-state index contributed by atoms with van der Waals surface area (Å²) in [6, 6.07) is 14.2. The predicted molar refractivity (Wildman–Crippen MR) is 119 cm³/mol. The number of halogens is 3. The van der Waals surface area contributed by atoms with Crippen LogP contribution in [0.5, 0.6) is 0 Å². The molecule has 1 saturated carbocycles. The molecule has 7 heteroatoms. The molecule has 1 aliphatic carbocycles. The fourth-order valence-corrected chi connectivity index (χ4v) is 5.01. The molecule has 2 aliphatic rings. The monoisotopic (exact) mass is 442 g/mol. The first-order valence-corrected chi connectivity index (χ1v) is 11.2. The van der Waals surface area contributed by atoms with Gasteiger partial charge in [0.1, 0.15) is 11.6 Å². The van der Waals surface area contributed by atoms with Gasteiger partial charge in [0.15, 0.2) is 0 Å². The van der Waals surface area contributed by atoms with E-state index in [0.29, 0.717) is 17.8 Å². The predicted octanol–water partition coefficient (Wildman–Crippen LogP) is 5.40. The van der Waals surface area contributed by atoms with Crippen LogP contribution in [-0.4, -0.2) is 46.9 Å². The molecule has 4 nitrogen and oxygen atoms in total. The summed E-state index contributed by atoms with van der Waals surface area (Å²) >= 11 is 6.01. The molecular weight excluding hydrogens is 418 g/mol. The summed E-state index contributed by atoms with van der Waals surface area (Å²) in [6.07, 6.45) is 5.11. The van der Waals surface area contributed by atoms with Crippen LogP contribution in [0.1, 0.15) is 25.3 Å². The van der Waals surface area contributed by atoms with E-state index in [4.69, 9.17) is 11.6 Å². The molecule has 2 atom stereocenters. The van der Waals surface area contributed by atoms with Gasteiger partial charge in [0.05, 0.1) is 11.7 Å². The zero-order valence-electron chi connectivity index (χ0n) is 17.2. The summed E-state index contributed by atoms with van der Waals surface area (Å²) in [4.78, 5) is 5.00. The number of nitrogens with zero attached hydrogens (tertiary/aromatic N) is 4. The van der Waals surface area contributed by atoms with E-state index in [9.17, 15) is 8.78 Å². The molecule has 1 saturated heterocycles. The number of aromatic nitrogens is 2. The maximum absolute atomic E-state index is 14.1. The molecule has 2 heterocycles. The van der Waals surface area contributed by atoms with Gasteiger partial charge in [-0.3, -0.25) is 9.58 Å². The van der Waals surface area contributed by atoms with Crippen molar-refractivity contribution in [2.45, 2.75) is 31.3 Å². The van der Waals surface area contributed by atoms with Crippen molar-refractivity contribution in [3.63, 3.8) is 0 Å². The van der Waals surface area contributed by atoms with E-state index in [1.165, 1.54) is 11.8 Å². The molecule has 0 N–H and O–H groups in total. The Morgan fingerprint density at radius 1 is 0.871 bits per heavy atom. The van der Waals surface area contributed by atoms with E-state index < -0.39 is 11.6 Å². The summed E-state index contributed by atoms with van der Waals surface area (Å²) in [5.74, 6) is -0.904. The number of hydrogen-bond donors (Lipinski definition) is 0. The number of anilines is 1. The minimum atomic E-state index is -0.454. The van der Waals surface area contributed by atoms with Gasteiger partial charge in [0.25, 0.3) is 0 Å². The first-order valence-electron chi connectivity index (χ1n) is 10.8. The number of hydrogen-bond acceptors (Lipinski definition) is 3. The molecule has 0 radical (unpaired) electrons. The first kappa shape index (κ1) is 20.5. The van der Waals surface area contributed by atoms with Gasteiger partial charge in [-0.2, -0.15) is 5.10 Å². The molecule has 31 heavy (non-hydrogen) atoms. The van der Waals surface area contributed by atoms with Gasteiger partial charge in [-0.15, -0.1) is 0 Å². The standard InChI is InChI=1S/C24H25ClF2N4/c25-17-1-4-19(5-2-17)29-11-13-30(14-12-29)20-6-7-21(16-20)31-10-9-24(28-31)22-15-18(26)3-8-23(22)27/h1-5,8-10,15,20-21H,6-7,11-14,16H2. The highest BCUT2D eigenvalue weighted by Gasteiger charge is 2.32. The van der Waals surface area contributed by atoms with Crippen LogP contribution >= 0.6 is 11.6 Å². The summed E-state index contributed by atoms with van der Waals surface area (Å²) in [6.45, 7) is 4.10. The Morgan fingerprint density at radius 3 is 2.39 bits per heavy atom. The third-order valence-electron chi connectivity index (χ3n) is 6.59. The third kappa shape index (κ3) is 4.32. The van der Waals surface area contributed by atoms with Crippen LogP contribution in [-0.2, 0) is 0 Å². The first-order chi connectivity index (χ1) is 15.1. The maximum atomic E-state index is 14.1. The van der Waals surface area contributed by atoms with Crippen molar-refractivity contribution in [2.24, 2.45) is 0 Å². The summed E-state index contributed by atoms with van der Waals surface area (Å²) in [5, 5.41) is 5.34. The second-order valence-electron chi connectivity index (χ2n) is 8.43. The Kier molecular flexibility index (Phi) is 5.67. The van der Waals surface area contributed by atoms with Crippen molar-refractivity contribution >= 4 is 17.3 Å². The van der Waals surface area contributed by atoms with Crippen molar-refractivity contribution < 1.29 is 8.78 Å². The van der Waals surface area contributed by atoms with Crippen molar-refractivity contribution in [3.05, 3.63) is 71.4 Å². The van der Waals surface area contributed by atoms with Crippen LogP contribution in [0.3, 0.4) is 0 Å². The minimum Gasteiger partial charge on any atom is -0.369 e. The molecule has 0 bridgehead atoms. The van der Waals surface area contributed by atoms with Crippen LogP contribution in [0.2, 0.25) is 5.02 Å². The highest BCUT2D eigenvalue weighted by atomic mass is 35.5. The third-order valence-corrected chi connectivity index (χ3v) is 6.84. The van der Waals surface area contributed by atoms with Gasteiger partial charge >= 0.3 is 0 Å². The SMILES string of the molecule is Fc1ccc(F)c(-c2ccn(C3CCC(N4CCN(c5ccc(Cl)cc5)CC4)C3)n2)c1. The van der Waals surface area contributed by atoms with Gasteiger partial charge in [-0.25, -0.2) is 8.78 Å². The maximum Gasteiger partial charge on any atom is 0.132 e. The zero-order chi connectivity index (χ0) is 21.4. The molecule has 1 aliphatic heterocycles. The smallest absolute Gasteiger partial charge is 0.132 e. The average Bonchev–Trinajstić information content (AvgIpc) is 3.46. The highest BCUT2D eigenvalue weighted by Crippen LogP contribution is 2.34. The van der Waals surface area contributed by atoms with Gasteiger partial charge in [0.2, 0.25) is 0 Å². The molecule has 1 aromatic heterocycles. The minimum absolute atomic E-state index is 0.214. The molecule has 0 spiro atoms. The molecule has 162 valence electrons. The zero-order valence-corrected chi connectivity index (χ0v) is 18.0. The number of rotatable bonds is 4. The van der Waals surface area contributed by atoms with Crippen molar-refractivity contribution in [1.82, 2.24) is 14.7 Å². The number of piperazine rings is 1.